The van der Waals surface area contributed by atoms with Gasteiger partial charge in [-0.3, -0.25) is 9.59 Å². The van der Waals surface area contributed by atoms with E-state index in [1.807, 2.05) is 58.2 Å². The molecule has 0 aliphatic heterocycles. The Kier molecular flexibility index (Phi) is 8.64. The minimum atomic E-state index is -0.0285. The highest BCUT2D eigenvalue weighted by Crippen LogP contribution is 2.17. The number of carbonyl (C=O) groups is 2. The van der Waals surface area contributed by atoms with E-state index in [2.05, 4.69) is 20.6 Å². The summed E-state index contributed by atoms with van der Waals surface area (Å²) in [5.74, 6) is -0.0415. The van der Waals surface area contributed by atoms with Crippen molar-refractivity contribution in [1.82, 2.24) is 15.3 Å². The molecule has 2 amide bonds. The Bertz CT molecular complexity index is 847. The number of aromatic nitrogens is 2. The summed E-state index contributed by atoms with van der Waals surface area (Å²) in [7, 11) is 0. The van der Waals surface area contributed by atoms with Crippen molar-refractivity contribution < 1.29 is 9.59 Å². The fraction of sp³-hybridized carbons (Fsp3) is 0.455. The minimum absolute atomic E-state index is 0.00846. The number of nitrogens with one attached hydrogen (secondary N) is 2. The maximum absolute atomic E-state index is 12.3. The predicted octanol–water partition coefficient (Wildman–Crippen LogP) is 4.05. The summed E-state index contributed by atoms with van der Waals surface area (Å²) in [5, 5.41) is 6.63. The first-order chi connectivity index (χ1) is 13.8. The molecule has 29 heavy (non-hydrogen) atoms. The van der Waals surface area contributed by atoms with Gasteiger partial charge in [0.2, 0.25) is 11.8 Å². The molecule has 2 N–H and O–H groups in total. The van der Waals surface area contributed by atoms with Crippen LogP contribution in [0.5, 0.6) is 0 Å². The number of aryl methyl sites for hydroxylation is 2. The Labute approximate surface area is 177 Å². The van der Waals surface area contributed by atoms with Crippen LogP contribution in [0.2, 0.25) is 0 Å². The number of benzene rings is 1. The van der Waals surface area contributed by atoms with Crippen LogP contribution >= 0.6 is 11.8 Å². The number of hydrogen-bond acceptors (Lipinski definition) is 5. The van der Waals surface area contributed by atoms with Crippen LogP contribution in [-0.4, -0.2) is 28.0 Å². The second-order valence-corrected chi connectivity index (χ2v) is 7.91. The van der Waals surface area contributed by atoms with Crippen LogP contribution in [0.4, 0.5) is 5.69 Å². The maximum Gasteiger partial charge on any atom is 0.227 e. The van der Waals surface area contributed by atoms with E-state index in [-0.39, 0.29) is 17.7 Å². The number of nitrogens with zero attached hydrogens (tertiary/aromatic N) is 2. The van der Waals surface area contributed by atoms with E-state index in [0.29, 0.717) is 19.4 Å². The average Bonchev–Trinajstić information content (AvgIpc) is 2.71. The molecule has 156 valence electrons. The first-order valence-corrected chi connectivity index (χ1v) is 11.1. The standard InChI is InChI=1S/C22H30N4O2S/c1-6-14(2)21(28)26-18-9-7-8-17(12-18)13-23-20(27)11-10-19-15(3)24-22(29-5)25-16(19)4/h7-9,12,14H,6,10-11,13H2,1-5H3,(H,23,27)(H,26,28). The van der Waals surface area contributed by atoms with Crippen LogP contribution in [0.15, 0.2) is 29.4 Å². The van der Waals surface area contributed by atoms with Crippen molar-refractivity contribution in [3.63, 3.8) is 0 Å². The smallest absolute Gasteiger partial charge is 0.227 e. The summed E-state index contributed by atoms with van der Waals surface area (Å²) in [6.07, 6.45) is 3.75. The van der Waals surface area contributed by atoms with Gasteiger partial charge in [0.1, 0.15) is 0 Å². The molecule has 2 aromatic rings. The molecular weight excluding hydrogens is 384 g/mol. The molecule has 1 atom stereocenters. The Hall–Kier alpha value is -2.41. The van der Waals surface area contributed by atoms with Crippen LogP contribution in [-0.2, 0) is 22.6 Å². The van der Waals surface area contributed by atoms with Crippen LogP contribution in [0.3, 0.4) is 0 Å². The third kappa shape index (κ3) is 6.85. The first-order valence-electron chi connectivity index (χ1n) is 9.88. The lowest BCUT2D eigenvalue weighted by molar-refractivity contribution is -0.121. The first kappa shape index (κ1) is 22.9. The molecule has 0 bridgehead atoms. The van der Waals surface area contributed by atoms with Gasteiger partial charge in [-0.05, 0) is 56.2 Å². The molecular formula is C22H30N4O2S. The molecule has 0 saturated heterocycles. The van der Waals surface area contributed by atoms with Crippen LogP contribution in [0.25, 0.3) is 0 Å². The zero-order valence-electron chi connectivity index (χ0n) is 17.8. The van der Waals surface area contributed by atoms with E-state index in [1.54, 1.807) is 0 Å². The Morgan fingerprint density at radius 3 is 2.48 bits per heavy atom. The van der Waals surface area contributed by atoms with E-state index in [1.165, 1.54) is 11.8 Å². The van der Waals surface area contributed by atoms with Gasteiger partial charge in [-0.15, -0.1) is 0 Å². The molecule has 1 aromatic carbocycles. The van der Waals surface area contributed by atoms with Crippen molar-refractivity contribution in [2.24, 2.45) is 5.92 Å². The molecule has 6 nitrogen and oxygen atoms in total. The second kappa shape index (κ2) is 11.0. The molecule has 0 spiro atoms. The van der Waals surface area contributed by atoms with E-state index in [4.69, 9.17) is 0 Å². The van der Waals surface area contributed by atoms with Gasteiger partial charge in [-0.25, -0.2) is 9.97 Å². The number of amides is 2. The highest BCUT2D eigenvalue weighted by molar-refractivity contribution is 7.98. The normalized spacial score (nSPS) is 11.8. The number of thioether (sulfide) groups is 1. The summed E-state index contributed by atoms with van der Waals surface area (Å²) in [4.78, 5) is 33.3. The Morgan fingerprint density at radius 2 is 1.86 bits per heavy atom. The van der Waals surface area contributed by atoms with Crippen molar-refractivity contribution >= 4 is 29.3 Å². The van der Waals surface area contributed by atoms with Crippen molar-refractivity contribution in [2.45, 2.75) is 58.7 Å². The lowest BCUT2D eigenvalue weighted by Gasteiger charge is -2.12. The number of hydrogen-bond donors (Lipinski definition) is 2. The number of rotatable bonds is 9. The lowest BCUT2D eigenvalue weighted by Crippen LogP contribution is -2.23. The third-order valence-electron chi connectivity index (χ3n) is 4.93. The van der Waals surface area contributed by atoms with Gasteiger partial charge in [-0.1, -0.05) is 37.7 Å². The fourth-order valence-electron chi connectivity index (χ4n) is 2.90. The predicted molar refractivity (Wildman–Crippen MR) is 118 cm³/mol. The molecule has 2 rings (SSSR count). The second-order valence-electron chi connectivity index (χ2n) is 7.14. The highest BCUT2D eigenvalue weighted by atomic mass is 32.2. The highest BCUT2D eigenvalue weighted by Gasteiger charge is 2.12. The Morgan fingerprint density at radius 1 is 1.17 bits per heavy atom. The average molecular weight is 415 g/mol. The zero-order chi connectivity index (χ0) is 21.4. The number of anilines is 1. The molecule has 0 aliphatic carbocycles. The van der Waals surface area contributed by atoms with Gasteiger partial charge in [0.15, 0.2) is 5.16 Å². The largest absolute Gasteiger partial charge is 0.352 e. The SMILES string of the molecule is CCC(C)C(=O)Nc1cccc(CNC(=O)CCc2c(C)nc(SC)nc2C)c1. The van der Waals surface area contributed by atoms with Crippen LogP contribution in [0.1, 0.15) is 49.2 Å². The van der Waals surface area contributed by atoms with Gasteiger partial charge < -0.3 is 10.6 Å². The van der Waals surface area contributed by atoms with E-state index in [9.17, 15) is 9.59 Å². The van der Waals surface area contributed by atoms with Crippen LogP contribution < -0.4 is 10.6 Å². The summed E-state index contributed by atoms with van der Waals surface area (Å²) >= 11 is 1.52. The van der Waals surface area contributed by atoms with Crippen molar-refractivity contribution in [3.05, 3.63) is 46.8 Å². The van der Waals surface area contributed by atoms with Gasteiger partial charge in [0, 0.05) is 36.0 Å². The topological polar surface area (TPSA) is 84.0 Å². The maximum atomic E-state index is 12.3. The minimum Gasteiger partial charge on any atom is -0.352 e. The van der Waals surface area contributed by atoms with Crippen LogP contribution in [0, 0.1) is 19.8 Å². The Balaban J connectivity index is 1.88. The summed E-state index contributed by atoms with van der Waals surface area (Å²) in [6, 6.07) is 7.56. The molecule has 0 fully saturated rings. The van der Waals surface area contributed by atoms with Gasteiger partial charge in [0.05, 0.1) is 0 Å². The molecule has 0 radical (unpaired) electrons. The molecule has 1 aromatic heterocycles. The molecule has 0 saturated carbocycles. The monoisotopic (exact) mass is 414 g/mol. The van der Waals surface area contributed by atoms with Gasteiger partial charge in [0.25, 0.3) is 0 Å². The molecule has 1 unspecified atom stereocenters. The molecule has 1 heterocycles. The van der Waals surface area contributed by atoms with Gasteiger partial charge >= 0.3 is 0 Å². The lowest BCUT2D eigenvalue weighted by atomic mass is 10.1. The molecule has 0 aliphatic rings. The quantitative estimate of drug-likeness (QED) is 0.478. The third-order valence-corrected chi connectivity index (χ3v) is 5.48. The van der Waals surface area contributed by atoms with Crippen molar-refractivity contribution in [1.29, 1.82) is 0 Å². The summed E-state index contributed by atoms with van der Waals surface area (Å²) < 4.78 is 0. The summed E-state index contributed by atoms with van der Waals surface area (Å²) in [6.45, 7) is 8.23. The molecule has 7 heteroatoms. The summed E-state index contributed by atoms with van der Waals surface area (Å²) in [5.41, 5.74) is 4.59. The fourth-order valence-corrected chi connectivity index (χ4v) is 3.36. The van der Waals surface area contributed by atoms with Crippen molar-refractivity contribution in [2.75, 3.05) is 11.6 Å². The van der Waals surface area contributed by atoms with E-state index >= 15 is 0 Å². The van der Waals surface area contributed by atoms with E-state index in [0.717, 1.165) is 39.8 Å². The number of carbonyl (C=O) groups excluding carboxylic acids is 2. The zero-order valence-corrected chi connectivity index (χ0v) is 18.7. The van der Waals surface area contributed by atoms with Gasteiger partial charge in [-0.2, -0.15) is 0 Å². The van der Waals surface area contributed by atoms with Crippen molar-refractivity contribution in [3.8, 4) is 0 Å². The van der Waals surface area contributed by atoms with E-state index < -0.39 is 0 Å².